The fourth-order valence-corrected chi connectivity index (χ4v) is 2.11. The number of carbonyl (C=O) groups excluding carboxylic acids is 1. The number of aryl methyl sites for hydroxylation is 1. The molecule has 0 bridgehead atoms. The Balaban J connectivity index is 1.91. The van der Waals surface area contributed by atoms with Crippen molar-refractivity contribution in [2.45, 2.75) is 71.3 Å². The van der Waals surface area contributed by atoms with E-state index in [1.807, 2.05) is 10.8 Å². The minimum absolute atomic E-state index is 0.422. The number of unbranched alkanes of at least 4 members (excludes halogenated alkanes) is 5. The van der Waals surface area contributed by atoms with Crippen LogP contribution in [0.1, 0.15) is 64.7 Å². The van der Waals surface area contributed by atoms with Crippen LogP contribution in [0.15, 0.2) is 18.7 Å². The Kier molecular flexibility index (Phi) is 8.19. The van der Waals surface area contributed by atoms with E-state index >= 15 is 0 Å². The fourth-order valence-electron chi connectivity index (χ4n) is 2.11. The van der Waals surface area contributed by atoms with Crippen molar-refractivity contribution in [2.24, 2.45) is 0 Å². The van der Waals surface area contributed by atoms with E-state index in [9.17, 15) is 4.79 Å². The molecular weight excluding hydrogens is 224 g/mol. The largest absolute Gasteiger partial charge is 0.337 e. The van der Waals surface area contributed by atoms with Crippen LogP contribution in [0.4, 0.5) is 0 Å². The predicted octanol–water partition coefficient (Wildman–Crippen LogP) is 3.98. The SMILES string of the molecule is CCCCCCCCC(=O)CCCn1ccnc1. The van der Waals surface area contributed by atoms with E-state index in [0.717, 1.165) is 25.8 Å². The Labute approximate surface area is 111 Å². The highest BCUT2D eigenvalue weighted by Gasteiger charge is 2.01. The van der Waals surface area contributed by atoms with Gasteiger partial charge in [0.1, 0.15) is 5.78 Å². The zero-order chi connectivity index (χ0) is 13.1. The molecule has 0 amide bonds. The Morgan fingerprint density at radius 1 is 1.06 bits per heavy atom. The van der Waals surface area contributed by atoms with Gasteiger partial charge >= 0.3 is 0 Å². The molecule has 0 aliphatic heterocycles. The second kappa shape index (κ2) is 9.86. The third-order valence-electron chi connectivity index (χ3n) is 3.24. The van der Waals surface area contributed by atoms with Gasteiger partial charge in [0.05, 0.1) is 6.33 Å². The van der Waals surface area contributed by atoms with Crippen molar-refractivity contribution in [3.63, 3.8) is 0 Å². The first kappa shape index (κ1) is 14.9. The van der Waals surface area contributed by atoms with Gasteiger partial charge < -0.3 is 4.57 Å². The summed E-state index contributed by atoms with van der Waals surface area (Å²) >= 11 is 0. The Hall–Kier alpha value is -1.12. The molecule has 0 radical (unpaired) electrons. The maximum Gasteiger partial charge on any atom is 0.132 e. The normalized spacial score (nSPS) is 10.7. The predicted molar refractivity (Wildman–Crippen MR) is 74.5 cm³/mol. The molecule has 1 rings (SSSR count). The first-order valence-corrected chi connectivity index (χ1v) is 7.30. The molecule has 0 N–H and O–H groups in total. The molecule has 1 aromatic heterocycles. The molecule has 3 nitrogen and oxygen atoms in total. The molecule has 18 heavy (non-hydrogen) atoms. The van der Waals surface area contributed by atoms with Gasteiger partial charge in [0.25, 0.3) is 0 Å². The van der Waals surface area contributed by atoms with Gasteiger partial charge in [0.15, 0.2) is 0 Å². The smallest absolute Gasteiger partial charge is 0.132 e. The van der Waals surface area contributed by atoms with Crippen LogP contribution >= 0.6 is 0 Å². The Bertz CT molecular complexity index is 306. The third-order valence-corrected chi connectivity index (χ3v) is 3.24. The van der Waals surface area contributed by atoms with Crippen LogP contribution in [0, 0.1) is 0 Å². The third kappa shape index (κ3) is 7.25. The Morgan fingerprint density at radius 3 is 2.50 bits per heavy atom. The summed E-state index contributed by atoms with van der Waals surface area (Å²) in [6.45, 7) is 3.13. The van der Waals surface area contributed by atoms with Gasteiger partial charge in [-0.05, 0) is 12.8 Å². The standard InChI is InChI=1S/C15H26N2O/c1-2-3-4-5-6-7-9-15(18)10-8-12-17-13-11-16-14-17/h11,13-14H,2-10,12H2,1H3. The van der Waals surface area contributed by atoms with Crippen molar-refractivity contribution < 1.29 is 4.79 Å². The Morgan fingerprint density at radius 2 is 1.78 bits per heavy atom. The lowest BCUT2D eigenvalue weighted by Gasteiger charge is -2.03. The second-order valence-corrected chi connectivity index (χ2v) is 4.96. The van der Waals surface area contributed by atoms with Crippen molar-refractivity contribution in [3.05, 3.63) is 18.7 Å². The highest BCUT2D eigenvalue weighted by Crippen LogP contribution is 2.08. The van der Waals surface area contributed by atoms with E-state index in [-0.39, 0.29) is 0 Å². The maximum absolute atomic E-state index is 11.6. The molecule has 0 unspecified atom stereocenters. The van der Waals surface area contributed by atoms with Crippen LogP contribution in [-0.2, 0) is 11.3 Å². The highest BCUT2D eigenvalue weighted by atomic mass is 16.1. The van der Waals surface area contributed by atoms with Gasteiger partial charge in [-0.1, -0.05) is 39.0 Å². The lowest BCUT2D eigenvalue weighted by Crippen LogP contribution is -2.01. The quantitative estimate of drug-likeness (QED) is 0.557. The number of imidazole rings is 1. The highest BCUT2D eigenvalue weighted by molar-refractivity contribution is 5.78. The van der Waals surface area contributed by atoms with Gasteiger partial charge in [0, 0.05) is 31.8 Å². The van der Waals surface area contributed by atoms with Gasteiger partial charge in [-0.3, -0.25) is 4.79 Å². The minimum Gasteiger partial charge on any atom is -0.337 e. The van der Waals surface area contributed by atoms with Gasteiger partial charge in [-0.15, -0.1) is 0 Å². The van der Waals surface area contributed by atoms with Crippen LogP contribution in [0.2, 0.25) is 0 Å². The molecule has 3 heteroatoms. The lowest BCUT2D eigenvalue weighted by atomic mass is 10.1. The summed E-state index contributed by atoms with van der Waals surface area (Å²) in [5.74, 6) is 0.422. The maximum atomic E-state index is 11.6. The zero-order valence-corrected chi connectivity index (χ0v) is 11.6. The summed E-state index contributed by atoms with van der Waals surface area (Å²) in [6, 6.07) is 0. The molecule has 1 heterocycles. The van der Waals surface area contributed by atoms with Crippen LogP contribution in [0.3, 0.4) is 0 Å². The topological polar surface area (TPSA) is 34.9 Å². The van der Waals surface area contributed by atoms with Gasteiger partial charge in [-0.25, -0.2) is 4.98 Å². The summed E-state index contributed by atoms with van der Waals surface area (Å²) in [7, 11) is 0. The van der Waals surface area contributed by atoms with Crippen LogP contribution in [0.5, 0.6) is 0 Å². The number of nitrogens with zero attached hydrogens (tertiary/aromatic N) is 2. The summed E-state index contributed by atoms with van der Waals surface area (Å²) in [5.41, 5.74) is 0. The fraction of sp³-hybridized carbons (Fsp3) is 0.733. The molecule has 0 saturated carbocycles. The molecular formula is C15H26N2O. The van der Waals surface area contributed by atoms with Crippen molar-refractivity contribution in [1.29, 1.82) is 0 Å². The summed E-state index contributed by atoms with van der Waals surface area (Å²) in [4.78, 5) is 15.6. The van der Waals surface area contributed by atoms with E-state index in [1.165, 1.54) is 32.1 Å². The number of hydrogen-bond donors (Lipinski definition) is 0. The summed E-state index contributed by atoms with van der Waals surface area (Å²) in [6.07, 6.45) is 15.5. The number of ketones is 1. The number of Topliss-reactive ketones (excluding diaryl/α,β-unsaturated/α-hetero) is 1. The average molecular weight is 250 g/mol. The summed E-state index contributed by atoms with van der Waals surface area (Å²) < 4.78 is 2.03. The van der Waals surface area contributed by atoms with Crippen LogP contribution in [-0.4, -0.2) is 15.3 Å². The average Bonchev–Trinajstić information content (AvgIpc) is 2.87. The van der Waals surface area contributed by atoms with Crippen LogP contribution < -0.4 is 0 Å². The number of carbonyl (C=O) groups is 1. The number of hydrogen-bond acceptors (Lipinski definition) is 2. The molecule has 0 spiro atoms. The lowest BCUT2D eigenvalue weighted by molar-refractivity contribution is -0.119. The first-order chi connectivity index (χ1) is 8.83. The zero-order valence-electron chi connectivity index (χ0n) is 11.6. The second-order valence-electron chi connectivity index (χ2n) is 4.96. The van der Waals surface area contributed by atoms with Gasteiger partial charge in [-0.2, -0.15) is 0 Å². The van der Waals surface area contributed by atoms with Crippen molar-refractivity contribution in [3.8, 4) is 0 Å². The van der Waals surface area contributed by atoms with E-state index in [0.29, 0.717) is 12.2 Å². The number of aromatic nitrogens is 2. The van der Waals surface area contributed by atoms with Gasteiger partial charge in [0.2, 0.25) is 0 Å². The molecule has 102 valence electrons. The van der Waals surface area contributed by atoms with E-state index in [4.69, 9.17) is 0 Å². The molecule has 1 aromatic rings. The minimum atomic E-state index is 0.422. The van der Waals surface area contributed by atoms with Crippen molar-refractivity contribution in [2.75, 3.05) is 0 Å². The van der Waals surface area contributed by atoms with Crippen molar-refractivity contribution in [1.82, 2.24) is 9.55 Å². The van der Waals surface area contributed by atoms with Crippen molar-refractivity contribution >= 4 is 5.78 Å². The number of rotatable bonds is 11. The molecule has 0 atom stereocenters. The molecule has 0 aromatic carbocycles. The molecule has 0 fully saturated rings. The monoisotopic (exact) mass is 250 g/mol. The molecule has 0 aliphatic rings. The van der Waals surface area contributed by atoms with E-state index in [1.54, 1.807) is 12.5 Å². The molecule has 0 saturated heterocycles. The summed E-state index contributed by atoms with van der Waals surface area (Å²) in [5, 5.41) is 0. The van der Waals surface area contributed by atoms with E-state index in [2.05, 4.69) is 11.9 Å². The molecule has 0 aliphatic carbocycles. The van der Waals surface area contributed by atoms with Crippen LogP contribution in [0.25, 0.3) is 0 Å². The first-order valence-electron chi connectivity index (χ1n) is 7.30. The van der Waals surface area contributed by atoms with E-state index < -0.39 is 0 Å².